The van der Waals surface area contributed by atoms with E-state index < -0.39 is 0 Å². The maximum Gasteiger partial charge on any atom is 0.0794 e. The third kappa shape index (κ3) is 3.76. The Morgan fingerprint density at radius 2 is 2.53 bits per heavy atom. The van der Waals surface area contributed by atoms with Crippen LogP contribution >= 0.6 is 11.3 Å². The van der Waals surface area contributed by atoms with Crippen LogP contribution in [0, 0.1) is 5.41 Å². The van der Waals surface area contributed by atoms with E-state index in [-0.39, 0.29) is 0 Å². The third-order valence-electron chi connectivity index (χ3n) is 3.65. The fourth-order valence-corrected chi connectivity index (χ4v) is 3.30. The van der Waals surface area contributed by atoms with Crippen molar-refractivity contribution in [1.29, 1.82) is 0 Å². The molecule has 0 aromatic carbocycles. The normalized spacial score (nSPS) is 24.3. The first-order valence-electron chi connectivity index (χ1n) is 6.63. The first kappa shape index (κ1) is 13.0. The van der Waals surface area contributed by atoms with Gasteiger partial charge < -0.3 is 10.6 Å². The van der Waals surface area contributed by atoms with Crippen LogP contribution in [-0.4, -0.2) is 31.2 Å². The van der Waals surface area contributed by atoms with Crippen LogP contribution in [0.15, 0.2) is 10.9 Å². The van der Waals surface area contributed by atoms with Crippen molar-refractivity contribution >= 4 is 11.3 Å². The topological polar surface area (TPSA) is 37.0 Å². The molecule has 1 unspecified atom stereocenters. The summed E-state index contributed by atoms with van der Waals surface area (Å²) in [6, 6.07) is 0. The minimum atomic E-state index is 0.511. The molecule has 4 heteroatoms. The second kappa shape index (κ2) is 6.47. The second-order valence-electron chi connectivity index (χ2n) is 5.08. The molecule has 2 heterocycles. The van der Waals surface area contributed by atoms with Crippen LogP contribution in [0.25, 0.3) is 0 Å². The highest BCUT2D eigenvalue weighted by Gasteiger charge is 2.32. The Hall–Kier alpha value is -0.450. The molecule has 2 rings (SSSR count). The van der Waals surface area contributed by atoms with Crippen molar-refractivity contribution in [2.75, 3.05) is 26.2 Å². The minimum absolute atomic E-state index is 0.511. The zero-order chi connectivity index (χ0) is 12.0. The van der Waals surface area contributed by atoms with E-state index in [4.69, 9.17) is 0 Å². The molecule has 17 heavy (non-hydrogen) atoms. The Balaban J connectivity index is 1.69. The van der Waals surface area contributed by atoms with Gasteiger partial charge in [-0.2, -0.15) is 0 Å². The Bertz CT molecular complexity index is 304. The lowest BCUT2D eigenvalue weighted by Crippen LogP contribution is -2.37. The molecule has 1 aliphatic heterocycles. The first-order chi connectivity index (χ1) is 8.35. The zero-order valence-corrected chi connectivity index (χ0v) is 11.5. The molecule has 0 aliphatic carbocycles. The smallest absolute Gasteiger partial charge is 0.0794 e. The van der Waals surface area contributed by atoms with E-state index in [0.29, 0.717) is 5.41 Å². The molecule has 0 amide bonds. The highest BCUT2D eigenvalue weighted by Crippen LogP contribution is 2.29. The number of nitrogens with one attached hydrogen (secondary N) is 2. The summed E-state index contributed by atoms with van der Waals surface area (Å²) in [6.45, 7) is 6.86. The van der Waals surface area contributed by atoms with Gasteiger partial charge in [0.2, 0.25) is 0 Å². The van der Waals surface area contributed by atoms with Crippen molar-refractivity contribution in [2.24, 2.45) is 5.41 Å². The quantitative estimate of drug-likeness (QED) is 0.730. The summed E-state index contributed by atoms with van der Waals surface area (Å²) < 4.78 is 0. The predicted molar refractivity (Wildman–Crippen MR) is 73.5 cm³/mol. The summed E-state index contributed by atoms with van der Waals surface area (Å²) in [7, 11) is 0. The lowest BCUT2D eigenvalue weighted by atomic mass is 9.82. The maximum atomic E-state index is 4.31. The van der Waals surface area contributed by atoms with E-state index in [0.717, 1.165) is 19.5 Å². The predicted octanol–water partition coefficient (Wildman–Crippen LogP) is 2.05. The Labute approximate surface area is 108 Å². The molecule has 1 saturated heterocycles. The second-order valence-corrected chi connectivity index (χ2v) is 5.80. The van der Waals surface area contributed by atoms with Crippen molar-refractivity contribution in [2.45, 2.75) is 32.6 Å². The zero-order valence-electron chi connectivity index (χ0n) is 10.7. The van der Waals surface area contributed by atoms with Crippen LogP contribution in [-0.2, 0) is 6.42 Å². The summed E-state index contributed by atoms with van der Waals surface area (Å²) in [5, 5.41) is 9.26. The molecule has 1 aliphatic rings. The molecule has 0 radical (unpaired) electrons. The van der Waals surface area contributed by atoms with Crippen LogP contribution in [0.1, 0.15) is 31.9 Å². The van der Waals surface area contributed by atoms with E-state index in [2.05, 4.69) is 27.9 Å². The standard InChI is InChI=1S/C13H23N3S/c1-2-4-13(5-7-15-10-13)9-14-6-3-12-8-17-11-16-12/h8,11,14-15H,2-7,9-10H2,1H3. The summed E-state index contributed by atoms with van der Waals surface area (Å²) in [6.07, 6.45) is 5.00. The average molecular weight is 253 g/mol. The molecular formula is C13H23N3S. The van der Waals surface area contributed by atoms with Crippen molar-refractivity contribution in [3.63, 3.8) is 0 Å². The highest BCUT2D eigenvalue weighted by molar-refractivity contribution is 7.07. The molecule has 1 fully saturated rings. The van der Waals surface area contributed by atoms with Gasteiger partial charge in [0, 0.05) is 31.4 Å². The fourth-order valence-electron chi connectivity index (χ4n) is 2.71. The van der Waals surface area contributed by atoms with Gasteiger partial charge in [0.25, 0.3) is 0 Å². The van der Waals surface area contributed by atoms with Gasteiger partial charge in [0.05, 0.1) is 11.2 Å². The molecule has 0 bridgehead atoms. The summed E-state index contributed by atoms with van der Waals surface area (Å²) in [5.74, 6) is 0. The van der Waals surface area contributed by atoms with E-state index >= 15 is 0 Å². The SMILES string of the molecule is CCCC1(CNCCc2cscn2)CCNC1. The van der Waals surface area contributed by atoms with Gasteiger partial charge in [0.1, 0.15) is 0 Å². The monoisotopic (exact) mass is 253 g/mol. The summed E-state index contributed by atoms with van der Waals surface area (Å²) in [4.78, 5) is 4.31. The maximum absolute atomic E-state index is 4.31. The molecule has 1 aromatic heterocycles. The van der Waals surface area contributed by atoms with Gasteiger partial charge in [-0.25, -0.2) is 4.98 Å². The van der Waals surface area contributed by atoms with Crippen LogP contribution in [0.4, 0.5) is 0 Å². The van der Waals surface area contributed by atoms with Gasteiger partial charge >= 0.3 is 0 Å². The number of aromatic nitrogens is 1. The molecule has 96 valence electrons. The molecule has 0 spiro atoms. The lowest BCUT2D eigenvalue weighted by molar-refractivity contribution is 0.277. The van der Waals surface area contributed by atoms with Crippen LogP contribution in [0.5, 0.6) is 0 Å². The van der Waals surface area contributed by atoms with E-state index in [1.807, 2.05) is 5.51 Å². The summed E-state index contributed by atoms with van der Waals surface area (Å²) >= 11 is 1.68. The average Bonchev–Trinajstić information content (AvgIpc) is 2.97. The molecule has 1 atom stereocenters. The molecule has 3 nitrogen and oxygen atoms in total. The number of hydrogen-bond acceptors (Lipinski definition) is 4. The molecule has 2 N–H and O–H groups in total. The third-order valence-corrected chi connectivity index (χ3v) is 4.29. The van der Waals surface area contributed by atoms with Gasteiger partial charge in [-0.15, -0.1) is 11.3 Å². The number of thiazole rings is 1. The largest absolute Gasteiger partial charge is 0.316 e. The van der Waals surface area contributed by atoms with Crippen molar-refractivity contribution < 1.29 is 0 Å². The van der Waals surface area contributed by atoms with E-state index in [1.54, 1.807) is 11.3 Å². The Morgan fingerprint density at radius 1 is 1.59 bits per heavy atom. The Kier molecular flexibility index (Phi) is 4.95. The van der Waals surface area contributed by atoms with Gasteiger partial charge in [-0.05, 0) is 24.8 Å². The van der Waals surface area contributed by atoms with E-state index in [9.17, 15) is 0 Å². The molecule has 1 aromatic rings. The van der Waals surface area contributed by atoms with Gasteiger partial charge in [0.15, 0.2) is 0 Å². The minimum Gasteiger partial charge on any atom is -0.316 e. The number of rotatable bonds is 7. The van der Waals surface area contributed by atoms with Gasteiger partial charge in [-0.1, -0.05) is 13.3 Å². The van der Waals surface area contributed by atoms with Gasteiger partial charge in [-0.3, -0.25) is 0 Å². The van der Waals surface area contributed by atoms with Crippen LogP contribution in [0.2, 0.25) is 0 Å². The molecular weight excluding hydrogens is 230 g/mol. The summed E-state index contributed by atoms with van der Waals surface area (Å²) in [5.41, 5.74) is 3.64. The van der Waals surface area contributed by atoms with Crippen molar-refractivity contribution in [1.82, 2.24) is 15.6 Å². The van der Waals surface area contributed by atoms with Crippen LogP contribution < -0.4 is 10.6 Å². The van der Waals surface area contributed by atoms with E-state index in [1.165, 1.54) is 38.0 Å². The highest BCUT2D eigenvalue weighted by atomic mass is 32.1. The number of hydrogen-bond donors (Lipinski definition) is 2. The molecule has 0 saturated carbocycles. The van der Waals surface area contributed by atoms with Crippen LogP contribution in [0.3, 0.4) is 0 Å². The lowest BCUT2D eigenvalue weighted by Gasteiger charge is -2.28. The Morgan fingerprint density at radius 3 is 3.18 bits per heavy atom. The van der Waals surface area contributed by atoms with Crippen molar-refractivity contribution in [3.05, 3.63) is 16.6 Å². The number of nitrogens with zero attached hydrogens (tertiary/aromatic N) is 1. The van der Waals surface area contributed by atoms with Crippen molar-refractivity contribution in [3.8, 4) is 0 Å². The first-order valence-corrected chi connectivity index (χ1v) is 7.57. The fraction of sp³-hybridized carbons (Fsp3) is 0.769.